The van der Waals surface area contributed by atoms with E-state index in [4.69, 9.17) is 5.11 Å². The Morgan fingerprint density at radius 1 is 1.25 bits per heavy atom. The number of nitrogens with zero attached hydrogens (tertiary/aromatic N) is 1. The molecule has 1 saturated heterocycles. The highest BCUT2D eigenvalue weighted by Gasteiger charge is 2.44. The maximum Gasteiger partial charge on any atom is 0.220 e. The predicted molar refractivity (Wildman–Crippen MR) is 70.8 cm³/mol. The molecule has 1 aliphatic heterocycles. The summed E-state index contributed by atoms with van der Waals surface area (Å²) in [5.41, 5.74) is 0. The molecule has 6 atom stereocenters. The Labute approximate surface area is 120 Å². The van der Waals surface area contributed by atoms with Crippen LogP contribution in [-0.4, -0.2) is 96.2 Å². The van der Waals surface area contributed by atoms with Gasteiger partial charge in [-0.3, -0.25) is 4.79 Å². The number of aliphatic hydroxyl groups is 6. The molecule has 0 aliphatic carbocycles. The van der Waals surface area contributed by atoms with Crippen LogP contribution in [0.25, 0.3) is 0 Å². The largest absolute Gasteiger partial charge is 0.394 e. The smallest absolute Gasteiger partial charge is 0.220 e. The molecule has 0 unspecified atom stereocenters. The molecule has 118 valence electrons. The standard InChI is InChI=1S/C11H21NO7S/c1-5(15)12-6(2-13)4-20-11(12)10(19)9(18)8(17)7(16)3-14/h6-11,13-14,16-19H,2-4H2,1H3/t6-,7-,8-,9-,10-,11-/m1/s1. The summed E-state index contributed by atoms with van der Waals surface area (Å²) in [6.45, 7) is 0.242. The molecular weight excluding hydrogens is 290 g/mol. The summed E-state index contributed by atoms with van der Waals surface area (Å²) in [5, 5.41) is 55.8. The molecule has 0 bridgehead atoms. The van der Waals surface area contributed by atoms with E-state index in [0.717, 1.165) is 11.8 Å². The molecule has 0 aromatic carbocycles. The summed E-state index contributed by atoms with van der Waals surface area (Å²) in [6.07, 6.45) is -6.58. The van der Waals surface area contributed by atoms with Gasteiger partial charge in [0.25, 0.3) is 0 Å². The van der Waals surface area contributed by atoms with Crippen molar-refractivity contribution >= 4 is 17.7 Å². The molecule has 8 nitrogen and oxygen atoms in total. The monoisotopic (exact) mass is 311 g/mol. The van der Waals surface area contributed by atoms with Crippen LogP contribution in [0.3, 0.4) is 0 Å². The number of thioether (sulfide) groups is 1. The third-order valence-corrected chi connectivity index (χ3v) is 4.70. The fourth-order valence-electron chi connectivity index (χ4n) is 2.12. The Bertz CT molecular complexity index is 332. The van der Waals surface area contributed by atoms with Crippen LogP contribution in [-0.2, 0) is 4.79 Å². The second-order valence-corrected chi connectivity index (χ2v) is 5.86. The lowest BCUT2D eigenvalue weighted by Gasteiger charge is -2.34. The molecule has 1 amide bonds. The minimum absolute atomic E-state index is 0.270. The molecule has 0 saturated carbocycles. The number of rotatable bonds is 6. The molecule has 1 fully saturated rings. The van der Waals surface area contributed by atoms with Gasteiger partial charge in [-0.1, -0.05) is 0 Å². The molecule has 1 rings (SSSR count). The minimum atomic E-state index is -1.74. The van der Waals surface area contributed by atoms with Crippen LogP contribution < -0.4 is 0 Å². The first-order chi connectivity index (χ1) is 9.34. The van der Waals surface area contributed by atoms with E-state index in [1.165, 1.54) is 11.8 Å². The Morgan fingerprint density at radius 2 is 1.85 bits per heavy atom. The quantitative estimate of drug-likeness (QED) is 0.300. The second kappa shape index (κ2) is 7.55. The number of amides is 1. The normalized spacial score (nSPS) is 29.1. The zero-order chi connectivity index (χ0) is 15.4. The molecule has 9 heteroatoms. The van der Waals surface area contributed by atoms with Gasteiger partial charge in [-0.25, -0.2) is 0 Å². The average molecular weight is 311 g/mol. The summed E-state index contributed by atoms with van der Waals surface area (Å²) in [6, 6.07) is -0.468. The van der Waals surface area contributed by atoms with Crippen LogP contribution in [0.4, 0.5) is 0 Å². The van der Waals surface area contributed by atoms with Gasteiger partial charge in [0.05, 0.1) is 19.3 Å². The van der Waals surface area contributed by atoms with E-state index in [1.807, 2.05) is 0 Å². The van der Waals surface area contributed by atoms with Crippen LogP contribution in [0.2, 0.25) is 0 Å². The maximum absolute atomic E-state index is 11.6. The van der Waals surface area contributed by atoms with Crippen molar-refractivity contribution in [3.8, 4) is 0 Å². The molecule has 1 heterocycles. The Morgan fingerprint density at radius 3 is 2.30 bits per heavy atom. The van der Waals surface area contributed by atoms with E-state index >= 15 is 0 Å². The van der Waals surface area contributed by atoms with E-state index in [-0.39, 0.29) is 12.5 Å². The summed E-state index contributed by atoms with van der Waals surface area (Å²) in [7, 11) is 0. The van der Waals surface area contributed by atoms with Crippen molar-refractivity contribution in [2.45, 2.75) is 42.8 Å². The number of carbonyl (C=O) groups is 1. The molecule has 20 heavy (non-hydrogen) atoms. The van der Waals surface area contributed by atoms with Crippen molar-refractivity contribution in [2.75, 3.05) is 19.0 Å². The lowest BCUT2D eigenvalue weighted by Crippen LogP contribution is -2.54. The average Bonchev–Trinajstić information content (AvgIpc) is 2.87. The highest BCUT2D eigenvalue weighted by molar-refractivity contribution is 8.00. The van der Waals surface area contributed by atoms with E-state index in [2.05, 4.69) is 0 Å². The Balaban J connectivity index is 2.80. The van der Waals surface area contributed by atoms with E-state index in [9.17, 15) is 30.3 Å². The number of hydrogen-bond acceptors (Lipinski definition) is 8. The molecule has 6 N–H and O–H groups in total. The van der Waals surface area contributed by atoms with Gasteiger partial charge in [-0.05, 0) is 0 Å². The molecular formula is C11H21NO7S. The lowest BCUT2D eigenvalue weighted by atomic mass is 10.0. The summed E-state index contributed by atoms with van der Waals surface area (Å²) < 4.78 is 0. The van der Waals surface area contributed by atoms with Crippen LogP contribution in [0.5, 0.6) is 0 Å². The van der Waals surface area contributed by atoms with Gasteiger partial charge in [-0.15, -0.1) is 11.8 Å². The Kier molecular flexibility index (Phi) is 6.65. The van der Waals surface area contributed by atoms with Crippen molar-refractivity contribution in [2.24, 2.45) is 0 Å². The van der Waals surface area contributed by atoms with Gasteiger partial charge in [0.1, 0.15) is 29.8 Å². The second-order valence-electron chi connectivity index (χ2n) is 4.71. The number of hydrogen-bond donors (Lipinski definition) is 6. The highest BCUT2D eigenvalue weighted by Crippen LogP contribution is 2.33. The van der Waals surface area contributed by atoms with Crippen LogP contribution in [0.1, 0.15) is 6.92 Å². The van der Waals surface area contributed by atoms with Gasteiger partial charge < -0.3 is 35.5 Å². The zero-order valence-electron chi connectivity index (χ0n) is 11.0. The van der Waals surface area contributed by atoms with Crippen molar-refractivity contribution < 1.29 is 35.4 Å². The summed E-state index contributed by atoms with van der Waals surface area (Å²) >= 11 is 1.16. The first-order valence-electron chi connectivity index (χ1n) is 6.19. The van der Waals surface area contributed by atoms with Crippen LogP contribution >= 0.6 is 11.8 Å². The van der Waals surface area contributed by atoms with Crippen LogP contribution in [0.15, 0.2) is 0 Å². The van der Waals surface area contributed by atoms with Crippen molar-refractivity contribution in [1.29, 1.82) is 0 Å². The number of carbonyl (C=O) groups excluding carboxylic acids is 1. The van der Waals surface area contributed by atoms with Crippen molar-refractivity contribution in [3.63, 3.8) is 0 Å². The molecule has 0 spiro atoms. The topological polar surface area (TPSA) is 142 Å². The van der Waals surface area contributed by atoms with Gasteiger partial charge >= 0.3 is 0 Å². The lowest BCUT2D eigenvalue weighted by molar-refractivity contribution is -0.142. The van der Waals surface area contributed by atoms with E-state index in [1.54, 1.807) is 0 Å². The van der Waals surface area contributed by atoms with Crippen molar-refractivity contribution in [3.05, 3.63) is 0 Å². The zero-order valence-corrected chi connectivity index (χ0v) is 11.8. The van der Waals surface area contributed by atoms with Crippen molar-refractivity contribution in [1.82, 2.24) is 4.90 Å². The molecule has 0 aromatic rings. The van der Waals surface area contributed by atoms with E-state index < -0.39 is 42.4 Å². The first-order valence-corrected chi connectivity index (χ1v) is 7.24. The SMILES string of the molecule is CC(=O)N1[C@H](CO)CS[C@@H]1[C@H](O)[C@H](O)[C@H](O)[C@H](O)CO. The van der Waals surface area contributed by atoms with Gasteiger partial charge in [-0.2, -0.15) is 0 Å². The first kappa shape index (κ1) is 17.6. The Hall–Kier alpha value is -0.420. The third-order valence-electron chi connectivity index (χ3n) is 3.27. The maximum atomic E-state index is 11.6. The number of aliphatic hydroxyl groups excluding tert-OH is 6. The summed E-state index contributed by atoms with van der Waals surface area (Å²) in [4.78, 5) is 12.8. The highest BCUT2D eigenvalue weighted by atomic mass is 32.2. The van der Waals surface area contributed by atoms with Gasteiger partial charge in [0.2, 0.25) is 5.91 Å². The molecule has 0 aromatic heterocycles. The van der Waals surface area contributed by atoms with Gasteiger partial charge in [0.15, 0.2) is 0 Å². The van der Waals surface area contributed by atoms with Gasteiger partial charge in [0, 0.05) is 12.7 Å². The molecule has 1 aliphatic rings. The minimum Gasteiger partial charge on any atom is -0.394 e. The predicted octanol–water partition coefficient (Wildman–Crippen LogP) is -3.30. The fraction of sp³-hybridized carbons (Fsp3) is 0.909. The third kappa shape index (κ3) is 3.61. The summed E-state index contributed by atoms with van der Waals surface area (Å²) in [5.74, 6) is 0.0194. The van der Waals surface area contributed by atoms with Crippen LogP contribution in [0, 0.1) is 0 Å². The molecule has 0 radical (unpaired) electrons. The fourth-order valence-corrected chi connectivity index (χ4v) is 3.65. The van der Waals surface area contributed by atoms with E-state index in [0.29, 0.717) is 5.75 Å².